The van der Waals surface area contributed by atoms with Crippen LogP contribution in [0.1, 0.15) is 10.7 Å². The normalized spacial score (nSPS) is 11.3. The Hall–Kier alpha value is -2.05. The third kappa shape index (κ3) is 2.86. The first kappa shape index (κ1) is 15.3. The molecule has 0 amide bonds. The van der Waals surface area contributed by atoms with Crippen LogP contribution in [0.2, 0.25) is 0 Å². The lowest BCUT2D eigenvalue weighted by Crippen LogP contribution is -2.20. The minimum atomic E-state index is -3.52. The van der Waals surface area contributed by atoms with Gasteiger partial charge in [0.25, 0.3) is 0 Å². The first-order chi connectivity index (χ1) is 9.75. The lowest BCUT2D eigenvalue weighted by atomic mass is 10.4. The second-order valence-electron chi connectivity index (χ2n) is 4.67. The monoisotopic (exact) mass is 325 g/mol. The lowest BCUT2D eigenvalue weighted by molar-refractivity contribution is 0.602. The molecule has 0 saturated carbocycles. The number of nitrogens with zero attached hydrogens (tertiary/aromatic N) is 4. The van der Waals surface area contributed by atoms with Crippen molar-refractivity contribution in [1.29, 1.82) is 5.26 Å². The first-order valence-corrected chi connectivity index (χ1v) is 8.66. The minimum absolute atomic E-state index is 0.0146. The third-order valence-corrected chi connectivity index (χ3v) is 5.51. The molecule has 0 aliphatic carbocycles. The van der Waals surface area contributed by atoms with Gasteiger partial charge in [-0.15, -0.1) is 11.3 Å². The van der Waals surface area contributed by atoms with E-state index in [9.17, 15) is 8.42 Å². The summed E-state index contributed by atoms with van der Waals surface area (Å²) in [4.78, 5) is 6.16. The summed E-state index contributed by atoms with van der Waals surface area (Å²) < 4.78 is 25.7. The van der Waals surface area contributed by atoms with E-state index in [2.05, 4.69) is 4.98 Å². The van der Waals surface area contributed by atoms with E-state index in [0.717, 1.165) is 23.4 Å². The zero-order chi connectivity index (χ0) is 15.8. The molecule has 2 rings (SSSR count). The van der Waals surface area contributed by atoms with Gasteiger partial charge in [0.15, 0.2) is 9.84 Å². The van der Waals surface area contributed by atoms with Gasteiger partial charge in [-0.2, -0.15) is 5.26 Å². The van der Waals surface area contributed by atoms with Crippen LogP contribution in [0, 0.1) is 11.3 Å². The summed E-state index contributed by atoms with van der Waals surface area (Å²) in [5.41, 5.74) is 5.82. The number of aromatic nitrogens is 2. The molecule has 21 heavy (non-hydrogen) atoms. The second-order valence-corrected chi connectivity index (χ2v) is 7.63. The van der Waals surface area contributed by atoms with Crippen molar-refractivity contribution in [3.05, 3.63) is 23.1 Å². The van der Waals surface area contributed by atoms with Crippen molar-refractivity contribution < 1.29 is 8.42 Å². The molecule has 2 aromatic rings. The van der Waals surface area contributed by atoms with Gasteiger partial charge in [-0.05, 0) is 0 Å². The van der Waals surface area contributed by atoms with Crippen molar-refractivity contribution >= 4 is 31.9 Å². The van der Waals surface area contributed by atoms with Gasteiger partial charge < -0.3 is 15.2 Å². The summed E-state index contributed by atoms with van der Waals surface area (Å²) in [5, 5.41) is 9.51. The lowest BCUT2D eigenvalue weighted by Gasteiger charge is -2.18. The number of hydrogen-bond acceptors (Lipinski definition) is 7. The van der Waals surface area contributed by atoms with Crippen LogP contribution >= 0.6 is 11.3 Å². The number of anilines is 2. The predicted molar refractivity (Wildman–Crippen MR) is 81.9 cm³/mol. The van der Waals surface area contributed by atoms with Gasteiger partial charge in [0, 0.05) is 32.7 Å². The minimum Gasteiger partial charge on any atom is -0.396 e. The number of imidazole rings is 1. The molecule has 112 valence electrons. The molecule has 2 aromatic heterocycles. The quantitative estimate of drug-likeness (QED) is 0.898. The van der Waals surface area contributed by atoms with Gasteiger partial charge in [0.1, 0.15) is 26.7 Å². The zero-order valence-corrected chi connectivity index (χ0v) is 13.5. The molecule has 0 aliphatic rings. The molecule has 9 heteroatoms. The Morgan fingerprint density at radius 2 is 2.24 bits per heavy atom. The molecule has 0 spiro atoms. The van der Waals surface area contributed by atoms with E-state index in [-0.39, 0.29) is 15.5 Å². The average molecular weight is 325 g/mol. The van der Waals surface area contributed by atoms with Crippen molar-refractivity contribution in [2.24, 2.45) is 7.05 Å². The fourth-order valence-corrected chi connectivity index (χ4v) is 4.43. The van der Waals surface area contributed by atoms with Gasteiger partial charge in [-0.25, -0.2) is 13.4 Å². The number of nitrogens with two attached hydrogens (primary N) is 1. The molecule has 0 aliphatic heterocycles. The molecule has 0 radical (unpaired) electrons. The highest BCUT2D eigenvalue weighted by atomic mass is 32.2. The maximum absolute atomic E-state index is 11.9. The van der Waals surface area contributed by atoms with Crippen molar-refractivity contribution in [1.82, 2.24) is 9.55 Å². The molecule has 0 aromatic carbocycles. The Morgan fingerprint density at radius 1 is 1.57 bits per heavy atom. The number of thiophene rings is 1. The van der Waals surface area contributed by atoms with E-state index >= 15 is 0 Å². The molecular weight excluding hydrogens is 310 g/mol. The Bertz CT molecular complexity index is 813. The van der Waals surface area contributed by atoms with Crippen LogP contribution in [0.25, 0.3) is 0 Å². The van der Waals surface area contributed by atoms with Crippen molar-refractivity contribution in [2.45, 2.75) is 11.4 Å². The average Bonchev–Trinajstić information content (AvgIpc) is 2.92. The molecule has 0 saturated heterocycles. The Morgan fingerprint density at radius 3 is 2.71 bits per heavy atom. The fraction of sp³-hybridized carbons (Fsp3) is 0.333. The Labute approximate surface area is 127 Å². The number of aryl methyl sites for hydroxylation is 1. The second kappa shape index (κ2) is 5.38. The molecule has 7 nitrogen and oxygen atoms in total. The van der Waals surface area contributed by atoms with Gasteiger partial charge >= 0.3 is 0 Å². The fourth-order valence-electron chi connectivity index (χ4n) is 1.94. The van der Waals surface area contributed by atoms with Crippen molar-refractivity contribution in [3.63, 3.8) is 0 Å². The highest BCUT2D eigenvalue weighted by molar-refractivity contribution is 7.91. The highest BCUT2D eigenvalue weighted by Gasteiger charge is 2.26. The Kier molecular flexibility index (Phi) is 3.93. The summed E-state index contributed by atoms with van der Waals surface area (Å²) >= 11 is 1.07. The van der Waals surface area contributed by atoms with Crippen LogP contribution in [0.4, 0.5) is 10.7 Å². The summed E-state index contributed by atoms with van der Waals surface area (Å²) in [6, 6.07) is 1.93. The van der Waals surface area contributed by atoms with E-state index < -0.39 is 9.84 Å². The molecular formula is C12H15N5O2S2. The van der Waals surface area contributed by atoms with Crippen LogP contribution in [-0.4, -0.2) is 31.3 Å². The van der Waals surface area contributed by atoms with Crippen LogP contribution in [-0.2, 0) is 23.4 Å². The molecule has 0 bridgehead atoms. The van der Waals surface area contributed by atoms with Gasteiger partial charge in [-0.1, -0.05) is 0 Å². The summed E-state index contributed by atoms with van der Waals surface area (Å²) in [6.07, 6.45) is 4.57. The highest BCUT2D eigenvalue weighted by Crippen LogP contribution is 2.40. The SMILES string of the molecule is CN(Cc1nccn1C)c1sc(C#N)c(N)c1S(C)(=O)=O. The third-order valence-electron chi connectivity index (χ3n) is 3.00. The van der Waals surface area contributed by atoms with E-state index in [0.29, 0.717) is 11.5 Å². The number of nitriles is 1. The van der Waals surface area contributed by atoms with Crippen LogP contribution in [0.15, 0.2) is 17.3 Å². The maximum atomic E-state index is 11.9. The molecule has 0 atom stereocenters. The van der Waals surface area contributed by atoms with E-state index in [1.807, 2.05) is 23.9 Å². The predicted octanol–water partition coefficient (Wildman–Crippen LogP) is 0.975. The number of hydrogen-bond donors (Lipinski definition) is 1. The van der Waals surface area contributed by atoms with Gasteiger partial charge in [-0.3, -0.25) is 0 Å². The topological polar surface area (TPSA) is 105 Å². The number of nitrogen functional groups attached to an aromatic ring is 1. The van der Waals surface area contributed by atoms with Crippen LogP contribution in [0.5, 0.6) is 0 Å². The summed E-state index contributed by atoms with van der Waals surface area (Å²) in [7, 11) is 0.0821. The smallest absolute Gasteiger partial charge is 0.180 e. The number of sulfone groups is 1. The Balaban J connectivity index is 2.49. The van der Waals surface area contributed by atoms with Crippen molar-refractivity contribution in [2.75, 3.05) is 23.9 Å². The largest absolute Gasteiger partial charge is 0.396 e. The van der Waals surface area contributed by atoms with E-state index in [1.54, 1.807) is 18.1 Å². The molecule has 2 N–H and O–H groups in total. The standard InChI is InChI=1S/C12H15N5O2S2/c1-16-5-4-15-9(16)7-17(2)12-11(21(3,18)19)10(14)8(6-13)20-12/h4-5H,7,14H2,1-3H3. The molecule has 0 fully saturated rings. The first-order valence-electron chi connectivity index (χ1n) is 5.95. The summed E-state index contributed by atoms with van der Waals surface area (Å²) in [5.74, 6) is 0.780. The van der Waals surface area contributed by atoms with Gasteiger partial charge in [0.2, 0.25) is 0 Å². The zero-order valence-electron chi connectivity index (χ0n) is 11.9. The number of rotatable bonds is 4. The summed E-state index contributed by atoms with van der Waals surface area (Å²) in [6.45, 7) is 0.414. The molecule has 2 heterocycles. The van der Waals surface area contributed by atoms with E-state index in [1.165, 1.54) is 0 Å². The van der Waals surface area contributed by atoms with Crippen molar-refractivity contribution in [3.8, 4) is 6.07 Å². The van der Waals surface area contributed by atoms with Crippen LogP contribution in [0.3, 0.4) is 0 Å². The van der Waals surface area contributed by atoms with Gasteiger partial charge in [0.05, 0.1) is 12.2 Å². The maximum Gasteiger partial charge on any atom is 0.180 e. The van der Waals surface area contributed by atoms with E-state index in [4.69, 9.17) is 11.0 Å². The molecule has 0 unspecified atom stereocenters. The van der Waals surface area contributed by atoms with Crippen LogP contribution < -0.4 is 10.6 Å².